The molecule has 2 amide bonds. The van der Waals surface area contributed by atoms with Crippen LogP contribution in [0.25, 0.3) is 0 Å². The molecule has 0 N–H and O–H groups in total. The second kappa shape index (κ2) is 6.86. The summed E-state index contributed by atoms with van der Waals surface area (Å²) in [6.07, 6.45) is 9.57. The Labute approximate surface area is 152 Å². The molecule has 0 radical (unpaired) electrons. The van der Waals surface area contributed by atoms with Gasteiger partial charge in [-0.3, -0.25) is 19.6 Å². The molecule has 0 aromatic carbocycles. The molecular formula is C20H22N4O2. The van der Waals surface area contributed by atoms with Gasteiger partial charge < -0.3 is 9.80 Å². The first-order chi connectivity index (χ1) is 12.7. The van der Waals surface area contributed by atoms with Crippen LogP contribution in [0.15, 0.2) is 49.1 Å². The lowest BCUT2D eigenvalue weighted by atomic mass is 9.79. The number of hydrogen-bond acceptors (Lipinski definition) is 4. The first kappa shape index (κ1) is 16.7. The van der Waals surface area contributed by atoms with E-state index < -0.39 is 0 Å². The molecule has 134 valence electrons. The van der Waals surface area contributed by atoms with Gasteiger partial charge in [-0.15, -0.1) is 0 Å². The summed E-state index contributed by atoms with van der Waals surface area (Å²) in [5.41, 5.74) is 1.32. The third-order valence-electron chi connectivity index (χ3n) is 5.51. The van der Waals surface area contributed by atoms with Crippen LogP contribution in [-0.2, 0) is 0 Å². The molecule has 0 aliphatic carbocycles. The minimum Gasteiger partial charge on any atom is -0.338 e. The predicted octanol–water partition coefficient (Wildman–Crippen LogP) is 2.25. The zero-order chi connectivity index (χ0) is 18.0. The van der Waals surface area contributed by atoms with Crippen LogP contribution in [0.3, 0.4) is 0 Å². The molecule has 0 saturated carbocycles. The second-order valence-electron chi connectivity index (χ2n) is 7.28. The first-order valence-electron chi connectivity index (χ1n) is 9.06. The number of nitrogens with zero attached hydrogens (tertiary/aromatic N) is 4. The number of aromatic nitrogens is 2. The molecule has 2 aromatic heterocycles. The first-order valence-corrected chi connectivity index (χ1v) is 9.06. The van der Waals surface area contributed by atoms with Crippen molar-refractivity contribution in [1.29, 1.82) is 0 Å². The lowest BCUT2D eigenvalue weighted by Gasteiger charge is -2.40. The molecule has 2 saturated heterocycles. The molecule has 2 aromatic rings. The Morgan fingerprint density at radius 1 is 0.846 bits per heavy atom. The summed E-state index contributed by atoms with van der Waals surface area (Å²) < 4.78 is 0. The fourth-order valence-corrected chi connectivity index (χ4v) is 4.17. The van der Waals surface area contributed by atoms with Gasteiger partial charge in [0, 0.05) is 61.9 Å². The van der Waals surface area contributed by atoms with Crippen LogP contribution in [0.5, 0.6) is 0 Å². The highest BCUT2D eigenvalue weighted by Crippen LogP contribution is 2.39. The SMILES string of the molecule is O=C(c1cccnc1)N1CCCC2(CCN(C(=O)c3ccncc3)C2)C1. The van der Waals surface area contributed by atoms with Crippen LogP contribution in [0.2, 0.25) is 0 Å². The number of carbonyl (C=O) groups is 2. The van der Waals surface area contributed by atoms with Crippen molar-refractivity contribution in [3.63, 3.8) is 0 Å². The average Bonchev–Trinajstić information content (AvgIpc) is 3.11. The molecule has 1 atom stereocenters. The van der Waals surface area contributed by atoms with E-state index >= 15 is 0 Å². The third-order valence-corrected chi connectivity index (χ3v) is 5.51. The summed E-state index contributed by atoms with van der Waals surface area (Å²) >= 11 is 0. The van der Waals surface area contributed by atoms with E-state index in [9.17, 15) is 9.59 Å². The molecule has 0 bridgehead atoms. The van der Waals surface area contributed by atoms with Crippen molar-refractivity contribution in [2.45, 2.75) is 19.3 Å². The molecule has 26 heavy (non-hydrogen) atoms. The summed E-state index contributed by atoms with van der Waals surface area (Å²) in [5.74, 6) is 0.0936. The molecule has 4 heterocycles. The van der Waals surface area contributed by atoms with Gasteiger partial charge in [0.25, 0.3) is 11.8 Å². The van der Waals surface area contributed by atoms with Crippen LogP contribution >= 0.6 is 0 Å². The Morgan fingerprint density at radius 3 is 2.31 bits per heavy atom. The molecule has 1 unspecified atom stereocenters. The quantitative estimate of drug-likeness (QED) is 0.833. The van der Waals surface area contributed by atoms with Gasteiger partial charge in [0.15, 0.2) is 0 Å². The van der Waals surface area contributed by atoms with Gasteiger partial charge in [-0.2, -0.15) is 0 Å². The van der Waals surface area contributed by atoms with E-state index in [1.54, 1.807) is 43.0 Å². The number of likely N-dealkylation sites (tertiary alicyclic amines) is 2. The third kappa shape index (κ3) is 3.19. The summed E-state index contributed by atoms with van der Waals surface area (Å²) in [6.45, 7) is 2.94. The number of rotatable bonds is 2. The maximum atomic E-state index is 12.8. The van der Waals surface area contributed by atoms with Gasteiger partial charge in [0.05, 0.1) is 5.56 Å². The Bertz CT molecular complexity index is 796. The van der Waals surface area contributed by atoms with E-state index in [0.717, 1.165) is 32.4 Å². The van der Waals surface area contributed by atoms with E-state index in [4.69, 9.17) is 0 Å². The summed E-state index contributed by atoms with van der Waals surface area (Å²) in [4.78, 5) is 37.4. The van der Waals surface area contributed by atoms with Crippen LogP contribution in [0.4, 0.5) is 0 Å². The van der Waals surface area contributed by atoms with Crippen molar-refractivity contribution in [3.05, 3.63) is 60.2 Å². The topological polar surface area (TPSA) is 66.4 Å². The number of pyridine rings is 2. The van der Waals surface area contributed by atoms with Crippen molar-refractivity contribution in [3.8, 4) is 0 Å². The van der Waals surface area contributed by atoms with Crippen LogP contribution in [-0.4, -0.2) is 57.8 Å². The molecule has 2 fully saturated rings. The Balaban J connectivity index is 1.46. The maximum absolute atomic E-state index is 12.8. The number of amides is 2. The molecule has 6 nitrogen and oxygen atoms in total. The van der Waals surface area contributed by atoms with Crippen molar-refractivity contribution in [2.75, 3.05) is 26.2 Å². The fourth-order valence-electron chi connectivity index (χ4n) is 4.17. The van der Waals surface area contributed by atoms with Gasteiger partial charge in [0.1, 0.15) is 0 Å². The number of hydrogen-bond donors (Lipinski definition) is 0. The Morgan fingerprint density at radius 2 is 1.58 bits per heavy atom. The highest BCUT2D eigenvalue weighted by Gasteiger charge is 2.44. The molecular weight excluding hydrogens is 328 g/mol. The summed E-state index contributed by atoms with van der Waals surface area (Å²) in [5, 5.41) is 0. The fraction of sp³-hybridized carbons (Fsp3) is 0.400. The summed E-state index contributed by atoms with van der Waals surface area (Å²) in [6, 6.07) is 7.11. The minimum absolute atomic E-state index is 0.0127. The van der Waals surface area contributed by atoms with Crippen molar-refractivity contribution < 1.29 is 9.59 Å². The minimum atomic E-state index is 0.0127. The van der Waals surface area contributed by atoms with Gasteiger partial charge in [-0.05, 0) is 43.5 Å². The standard InChI is InChI=1S/C20H22N4O2/c25-18(16-4-9-21-10-5-16)24-12-7-20(15-24)6-2-11-23(14-20)19(26)17-3-1-8-22-13-17/h1,3-5,8-10,13H,2,6-7,11-12,14-15H2. The van der Waals surface area contributed by atoms with Crippen molar-refractivity contribution in [2.24, 2.45) is 5.41 Å². The highest BCUT2D eigenvalue weighted by atomic mass is 16.2. The normalized spacial score (nSPS) is 22.6. The second-order valence-corrected chi connectivity index (χ2v) is 7.28. The van der Waals surface area contributed by atoms with E-state index in [2.05, 4.69) is 9.97 Å². The predicted molar refractivity (Wildman–Crippen MR) is 96.6 cm³/mol. The Kier molecular flexibility index (Phi) is 4.41. The molecule has 2 aliphatic heterocycles. The van der Waals surface area contributed by atoms with Crippen molar-refractivity contribution >= 4 is 11.8 Å². The largest absolute Gasteiger partial charge is 0.338 e. The van der Waals surface area contributed by atoms with Gasteiger partial charge in [-0.1, -0.05) is 0 Å². The van der Waals surface area contributed by atoms with E-state index in [-0.39, 0.29) is 17.2 Å². The Hall–Kier alpha value is -2.76. The average molecular weight is 350 g/mol. The zero-order valence-electron chi connectivity index (χ0n) is 14.7. The highest BCUT2D eigenvalue weighted by molar-refractivity contribution is 5.95. The van der Waals surface area contributed by atoms with Gasteiger partial charge in [0.2, 0.25) is 0 Å². The maximum Gasteiger partial charge on any atom is 0.255 e. The molecule has 4 rings (SSSR count). The lowest BCUT2D eigenvalue weighted by molar-refractivity contribution is 0.0515. The van der Waals surface area contributed by atoms with E-state index in [1.165, 1.54) is 0 Å². The van der Waals surface area contributed by atoms with Crippen molar-refractivity contribution in [1.82, 2.24) is 19.8 Å². The van der Waals surface area contributed by atoms with Gasteiger partial charge >= 0.3 is 0 Å². The van der Waals surface area contributed by atoms with E-state index in [1.807, 2.05) is 15.9 Å². The molecule has 1 spiro atoms. The monoisotopic (exact) mass is 350 g/mol. The molecule has 2 aliphatic rings. The smallest absolute Gasteiger partial charge is 0.255 e. The zero-order valence-corrected chi connectivity index (χ0v) is 14.7. The van der Waals surface area contributed by atoms with Crippen LogP contribution in [0.1, 0.15) is 40.0 Å². The molecule has 6 heteroatoms. The number of piperidine rings is 1. The number of carbonyl (C=O) groups excluding carboxylic acids is 2. The summed E-state index contributed by atoms with van der Waals surface area (Å²) in [7, 11) is 0. The van der Waals surface area contributed by atoms with Crippen LogP contribution in [0, 0.1) is 5.41 Å². The van der Waals surface area contributed by atoms with Gasteiger partial charge in [-0.25, -0.2) is 0 Å². The van der Waals surface area contributed by atoms with Crippen LogP contribution < -0.4 is 0 Å². The van der Waals surface area contributed by atoms with E-state index in [0.29, 0.717) is 24.2 Å². The lowest BCUT2D eigenvalue weighted by Crippen LogP contribution is -2.47.